The van der Waals surface area contributed by atoms with Gasteiger partial charge in [0.25, 0.3) is 0 Å². The van der Waals surface area contributed by atoms with Gasteiger partial charge in [0.15, 0.2) is 0 Å². The summed E-state index contributed by atoms with van der Waals surface area (Å²) in [4.78, 5) is 53.2. The van der Waals surface area contributed by atoms with Crippen molar-refractivity contribution in [3.63, 3.8) is 0 Å². The molecule has 0 saturated heterocycles. The van der Waals surface area contributed by atoms with Crippen LogP contribution in [0.1, 0.15) is 64.9 Å². The van der Waals surface area contributed by atoms with E-state index in [1.54, 1.807) is 0 Å². The maximum Gasteiger partial charge on any atom is 0.144 e. The van der Waals surface area contributed by atoms with Gasteiger partial charge in [0.05, 0.1) is 11.8 Å². The summed E-state index contributed by atoms with van der Waals surface area (Å²) in [5, 5.41) is 1.86. The summed E-state index contributed by atoms with van der Waals surface area (Å²) in [5.74, 6) is -3.22. The molecule has 2 fully saturated rings. The van der Waals surface area contributed by atoms with Crippen LogP contribution in [0.4, 0.5) is 0 Å². The average Bonchev–Trinajstić information content (AvgIpc) is 2.63. The van der Waals surface area contributed by atoms with Crippen LogP contribution in [0, 0.1) is 22.7 Å². The maximum atomic E-state index is 13.3. The lowest BCUT2D eigenvalue weighted by molar-refractivity contribution is -0.145. The average molecular weight is 419 g/mol. The van der Waals surface area contributed by atoms with Crippen molar-refractivity contribution in [2.75, 3.05) is 0 Å². The Balaban J connectivity index is 1.90. The molecule has 2 aromatic rings. The van der Waals surface area contributed by atoms with Crippen molar-refractivity contribution >= 4 is 33.9 Å². The van der Waals surface area contributed by atoms with E-state index in [-0.39, 0.29) is 48.8 Å². The summed E-state index contributed by atoms with van der Waals surface area (Å²) in [5.41, 5.74) is -0.0245. The minimum atomic E-state index is -0.946. The highest BCUT2D eigenvalue weighted by molar-refractivity contribution is 6.11. The van der Waals surface area contributed by atoms with Crippen LogP contribution in [0.3, 0.4) is 0 Å². The maximum absolute atomic E-state index is 13.3. The summed E-state index contributed by atoms with van der Waals surface area (Å²) in [6.07, 6.45) is 1.13. The molecular formula is C27H30O4. The molecule has 2 aliphatic carbocycles. The number of benzene rings is 2. The van der Waals surface area contributed by atoms with E-state index in [0.717, 1.165) is 16.3 Å². The third kappa shape index (κ3) is 4.00. The highest BCUT2D eigenvalue weighted by Crippen LogP contribution is 2.48. The van der Waals surface area contributed by atoms with E-state index in [4.69, 9.17) is 0 Å². The van der Waals surface area contributed by atoms with Gasteiger partial charge in [-0.15, -0.1) is 0 Å². The van der Waals surface area contributed by atoms with Gasteiger partial charge in [-0.25, -0.2) is 0 Å². The lowest BCUT2D eigenvalue weighted by atomic mass is 9.59. The molecule has 0 heterocycles. The van der Waals surface area contributed by atoms with Crippen molar-refractivity contribution < 1.29 is 19.2 Å². The van der Waals surface area contributed by atoms with Crippen LogP contribution in [0.5, 0.6) is 0 Å². The van der Waals surface area contributed by atoms with Crippen molar-refractivity contribution in [3.05, 3.63) is 48.0 Å². The first-order valence-electron chi connectivity index (χ1n) is 11.1. The first-order chi connectivity index (χ1) is 14.5. The molecule has 0 aliphatic heterocycles. The van der Waals surface area contributed by atoms with E-state index >= 15 is 0 Å². The molecule has 4 nitrogen and oxygen atoms in total. The molecule has 0 radical (unpaired) electrons. The Morgan fingerprint density at radius 3 is 1.55 bits per heavy atom. The number of Topliss-reactive ketones (excluding diaryl/α,β-unsaturated/α-hetero) is 4. The molecule has 0 aromatic heterocycles. The Kier molecular flexibility index (Phi) is 5.23. The second kappa shape index (κ2) is 7.51. The predicted molar refractivity (Wildman–Crippen MR) is 120 cm³/mol. The van der Waals surface area contributed by atoms with Crippen LogP contribution in [-0.4, -0.2) is 23.1 Å². The van der Waals surface area contributed by atoms with Gasteiger partial charge in [-0.05, 0) is 27.2 Å². The summed E-state index contributed by atoms with van der Waals surface area (Å²) in [6, 6.07) is 13.5. The second-order valence-electron chi connectivity index (χ2n) is 11.0. The van der Waals surface area contributed by atoms with Crippen LogP contribution in [0.25, 0.3) is 10.8 Å². The van der Waals surface area contributed by atoms with Crippen molar-refractivity contribution in [1.82, 2.24) is 0 Å². The first kappa shape index (κ1) is 21.6. The van der Waals surface area contributed by atoms with Gasteiger partial charge in [-0.1, -0.05) is 70.2 Å². The molecule has 0 unspecified atom stereocenters. The molecule has 0 spiro atoms. The van der Waals surface area contributed by atoms with E-state index in [2.05, 4.69) is 0 Å². The summed E-state index contributed by atoms with van der Waals surface area (Å²) < 4.78 is 0. The summed E-state index contributed by atoms with van der Waals surface area (Å²) in [6.45, 7) is 7.69. The van der Waals surface area contributed by atoms with Crippen LogP contribution < -0.4 is 0 Å². The van der Waals surface area contributed by atoms with Gasteiger partial charge in [-0.3, -0.25) is 19.2 Å². The Morgan fingerprint density at radius 1 is 0.645 bits per heavy atom. The molecule has 0 bridgehead atoms. The van der Waals surface area contributed by atoms with Gasteiger partial charge >= 0.3 is 0 Å². The third-order valence-corrected chi connectivity index (χ3v) is 6.90. The number of hydrogen-bond donors (Lipinski definition) is 0. The molecule has 2 saturated carbocycles. The first-order valence-corrected chi connectivity index (χ1v) is 11.1. The van der Waals surface area contributed by atoms with Gasteiger partial charge in [0.1, 0.15) is 23.1 Å². The Morgan fingerprint density at radius 2 is 1.06 bits per heavy atom. The van der Waals surface area contributed by atoms with Crippen LogP contribution in [-0.2, 0) is 19.2 Å². The normalized spacial score (nSPS) is 22.5. The fourth-order valence-corrected chi connectivity index (χ4v) is 5.70. The van der Waals surface area contributed by atoms with Gasteiger partial charge in [0, 0.05) is 31.6 Å². The highest BCUT2D eigenvalue weighted by Gasteiger charge is 2.52. The number of fused-ring (bicyclic) bond motifs is 1. The lowest BCUT2D eigenvalue weighted by Gasteiger charge is -2.41. The van der Waals surface area contributed by atoms with Crippen molar-refractivity contribution in [2.45, 2.75) is 59.3 Å². The number of hydrogen-bond acceptors (Lipinski definition) is 4. The quantitative estimate of drug-likeness (QED) is 0.653. The smallest absolute Gasteiger partial charge is 0.144 e. The van der Waals surface area contributed by atoms with E-state index in [0.29, 0.717) is 0 Å². The Labute approximate surface area is 183 Å². The number of carbonyl (C=O) groups is 4. The standard InChI is InChI=1S/C27H30O4/c1-26(2)12-19(28)24(20(29)13-26)23(25-21(30)14-27(3,4)15-22(25)31)18-11-7-9-16-8-5-6-10-17(16)18/h5-11,23-25H,12-15H2,1-4H3. The van der Waals surface area contributed by atoms with Crippen molar-refractivity contribution in [2.24, 2.45) is 22.7 Å². The largest absolute Gasteiger partial charge is 0.299 e. The van der Waals surface area contributed by atoms with E-state index in [1.807, 2.05) is 70.2 Å². The molecule has 2 aromatic carbocycles. The molecule has 31 heavy (non-hydrogen) atoms. The van der Waals surface area contributed by atoms with Crippen LogP contribution >= 0.6 is 0 Å². The molecule has 4 heteroatoms. The second-order valence-corrected chi connectivity index (χ2v) is 11.0. The molecule has 0 N–H and O–H groups in total. The van der Waals surface area contributed by atoms with Crippen molar-refractivity contribution in [1.29, 1.82) is 0 Å². The summed E-state index contributed by atoms with van der Waals surface area (Å²) >= 11 is 0. The zero-order valence-electron chi connectivity index (χ0n) is 18.7. The van der Waals surface area contributed by atoms with Crippen LogP contribution in [0.15, 0.2) is 42.5 Å². The highest BCUT2D eigenvalue weighted by atomic mass is 16.2. The lowest BCUT2D eigenvalue weighted by Crippen LogP contribution is -2.48. The van der Waals surface area contributed by atoms with Crippen LogP contribution in [0.2, 0.25) is 0 Å². The van der Waals surface area contributed by atoms with E-state index < -0.39 is 28.6 Å². The number of ketones is 4. The Hall–Kier alpha value is -2.62. The van der Waals surface area contributed by atoms with Crippen molar-refractivity contribution in [3.8, 4) is 0 Å². The van der Waals surface area contributed by atoms with Gasteiger partial charge in [0.2, 0.25) is 0 Å². The number of carbonyl (C=O) groups excluding carboxylic acids is 4. The predicted octanol–water partition coefficient (Wildman–Crippen LogP) is 5.07. The minimum absolute atomic E-state index is 0.149. The fourth-order valence-electron chi connectivity index (χ4n) is 5.70. The molecule has 0 atom stereocenters. The molecule has 2 aliphatic rings. The zero-order chi connectivity index (χ0) is 22.6. The molecule has 4 rings (SSSR count). The SMILES string of the molecule is CC1(C)CC(=O)C(C(c2cccc3ccccc23)C2C(=O)CC(C)(C)CC2=O)C(=O)C1. The molecule has 0 amide bonds. The van der Waals surface area contributed by atoms with Gasteiger partial charge in [-0.2, -0.15) is 0 Å². The van der Waals surface area contributed by atoms with Gasteiger partial charge < -0.3 is 0 Å². The Bertz CT molecular complexity index is 998. The zero-order valence-corrected chi connectivity index (χ0v) is 18.7. The minimum Gasteiger partial charge on any atom is -0.299 e. The fraction of sp³-hybridized carbons (Fsp3) is 0.481. The summed E-state index contributed by atoms with van der Waals surface area (Å²) in [7, 11) is 0. The third-order valence-electron chi connectivity index (χ3n) is 6.90. The number of rotatable bonds is 3. The van der Waals surface area contributed by atoms with E-state index in [9.17, 15) is 19.2 Å². The molecule has 162 valence electrons. The van der Waals surface area contributed by atoms with E-state index in [1.165, 1.54) is 0 Å². The topological polar surface area (TPSA) is 68.3 Å². The molecular weight excluding hydrogens is 388 g/mol. The monoisotopic (exact) mass is 418 g/mol.